The third kappa shape index (κ3) is 4.73. The van der Waals surface area contributed by atoms with Gasteiger partial charge in [-0.05, 0) is 43.2 Å². The fraction of sp³-hybridized carbons (Fsp3) is 0.333. The fourth-order valence-electron chi connectivity index (χ4n) is 3.15. The molecule has 0 spiro atoms. The average Bonchev–Trinajstić information content (AvgIpc) is 3.27. The molecule has 0 bridgehead atoms. The molecule has 0 atom stereocenters. The normalized spacial score (nSPS) is 14.9. The zero-order chi connectivity index (χ0) is 19.9. The van der Waals surface area contributed by atoms with E-state index in [0.717, 1.165) is 5.56 Å². The van der Waals surface area contributed by atoms with Gasteiger partial charge in [-0.2, -0.15) is 0 Å². The van der Waals surface area contributed by atoms with E-state index in [4.69, 9.17) is 13.9 Å². The number of rotatable bonds is 6. The summed E-state index contributed by atoms with van der Waals surface area (Å²) in [7, 11) is 3.16. The van der Waals surface area contributed by atoms with E-state index in [2.05, 4.69) is 5.32 Å². The Morgan fingerprint density at radius 2 is 1.96 bits per heavy atom. The van der Waals surface area contributed by atoms with E-state index in [0.29, 0.717) is 43.2 Å². The van der Waals surface area contributed by atoms with Crippen LogP contribution in [0.5, 0.6) is 11.5 Å². The molecule has 7 nitrogen and oxygen atoms in total. The zero-order valence-corrected chi connectivity index (χ0v) is 16.0. The van der Waals surface area contributed by atoms with Crippen molar-refractivity contribution in [2.24, 2.45) is 0 Å². The molecule has 148 valence electrons. The van der Waals surface area contributed by atoms with Gasteiger partial charge in [0.1, 0.15) is 11.5 Å². The van der Waals surface area contributed by atoms with Crippen LogP contribution in [0.4, 0.5) is 0 Å². The number of likely N-dealkylation sites (tertiary alicyclic amines) is 1. The van der Waals surface area contributed by atoms with Crippen molar-refractivity contribution in [3.8, 4) is 11.5 Å². The number of nitrogens with zero attached hydrogens (tertiary/aromatic N) is 1. The molecule has 2 heterocycles. The highest BCUT2D eigenvalue weighted by molar-refractivity contribution is 5.93. The van der Waals surface area contributed by atoms with Crippen LogP contribution in [0.1, 0.15) is 29.0 Å². The molecule has 3 rings (SSSR count). The number of nitrogens with one attached hydrogen (secondary N) is 1. The molecule has 0 unspecified atom stereocenters. The van der Waals surface area contributed by atoms with Crippen molar-refractivity contribution in [3.05, 3.63) is 54.0 Å². The number of benzene rings is 1. The highest BCUT2D eigenvalue weighted by atomic mass is 16.5. The monoisotopic (exact) mass is 384 g/mol. The second-order valence-corrected chi connectivity index (χ2v) is 6.49. The van der Waals surface area contributed by atoms with Gasteiger partial charge in [0, 0.05) is 36.8 Å². The van der Waals surface area contributed by atoms with Gasteiger partial charge in [0.25, 0.3) is 5.91 Å². The Morgan fingerprint density at radius 3 is 2.61 bits per heavy atom. The summed E-state index contributed by atoms with van der Waals surface area (Å²) >= 11 is 0. The lowest BCUT2D eigenvalue weighted by molar-refractivity contribution is -0.117. The Kier molecular flexibility index (Phi) is 6.37. The van der Waals surface area contributed by atoms with E-state index in [1.54, 1.807) is 43.4 Å². The minimum Gasteiger partial charge on any atom is -0.497 e. The van der Waals surface area contributed by atoms with Gasteiger partial charge in [-0.15, -0.1) is 0 Å². The first kappa shape index (κ1) is 19.5. The summed E-state index contributed by atoms with van der Waals surface area (Å²) in [5, 5.41) is 2.99. The molecule has 1 saturated heterocycles. The second-order valence-electron chi connectivity index (χ2n) is 6.49. The smallest absolute Gasteiger partial charge is 0.289 e. The van der Waals surface area contributed by atoms with Crippen molar-refractivity contribution in [2.75, 3.05) is 27.3 Å². The van der Waals surface area contributed by atoms with Crippen LogP contribution < -0.4 is 14.8 Å². The van der Waals surface area contributed by atoms with Crippen molar-refractivity contribution >= 4 is 17.9 Å². The number of carbonyl (C=O) groups excluding carboxylic acids is 2. The molecule has 7 heteroatoms. The Bertz CT molecular complexity index is 836. The average molecular weight is 384 g/mol. The van der Waals surface area contributed by atoms with E-state index >= 15 is 0 Å². The van der Waals surface area contributed by atoms with Gasteiger partial charge < -0.3 is 24.1 Å². The second kappa shape index (κ2) is 9.12. The van der Waals surface area contributed by atoms with Crippen molar-refractivity contribution in [1.82, 2.24) is 10.2 Å². The van der Waals surface area contributed by atoms with Gasteiger partial charge in [-0.3, -0.25) is 9.59 Å². The molecule has 0 aliphatic carbocycles. The van der Waals surface area contributed by atoms with Crippen molar-refractivity contribution in [2.45, 2.75) is 18.9 Å². The quantitative estimate of drug-likeness (QED) is 0.775. The summed E-state index contributed by atoms with van der Waals surface area (Å²) in [5.74, 6) is 1.39. The molecule has 1 fully saturated rings. The van der Waals surface area contributed by atoms with Gasteiger partial charge in [0.15, 0.2) is 5.76 Å². The fourth-order valence-corrected chi connectivity index (χ4v) is 3.15. The molecule has 28 heavy (non-hydrogen) atoms. The van der Waals surface area contributed by atoms with E-state index < -0.39 is 0 Å². The third-order valence-electron chi connectivity index (χ3n) is 4.72. The topological polar surface area (TPSA) is 81.0 Å². The summed E-state index contributed by atoms with van der Waals surface area (Å²) in [6.45, 7) is 1.17. The number of amides is 2. The van der Waals surface area contributed by atoms with Crippen LogP contribution in [0.25, 0.3) is 6.08 Å². The number of piperidine rings is 1. The lowest BCUT2D eigenvalue weighted by Gasteiger charge is -2.31. The third-order valence-corrected chi connectivity index (χ3v) is 4.72. The summed E-state index contributed by atoms with van der Waals surface area (Å²) < 4.78 is 15.7. The van der Waals surface area contributed by atoms with Gasteiger partial charge in [-0.25, -0.2) is 0 Å². The van der Waals surface area contributed by atoms with Gasteiger partial charge in [0.2, 0.25) is 5.91 Å². The van der Waals surface area contributed by atoms with Gasteiger partial charge >= 0.3 is 0 Å². The minimum absolute atomic E-state index is 0.0376. The van der Waals surface area contributed by atoms with Crippen LogP contribution in [0, 0.1) is 0 Å². The molecule has 2 aromatic rings. The number of methoxy groups -OCH3 is 2. The molecule has 1 aliphatic rings. The van der Waals surface area contributed by atoms with Crippen molar-refractivity contribution < 1.29 is 23.5 Å². The number of hydrogen-bond donors (Lipinski definition) is 1. The maximum Gasteiger partial charge on any atom is 0.289 e. The highest BCUT2D eigenvalue weighted by Crippen LogP contribution is 2.25. The highest BCUT2D eigenvalue weighted by Gasteiger charge is 2.25. The summed E-state index contributed by atoms with van der Waals surface area (Å²) in [6, 6.07) is 8.81. The number of hydrogen-bond acceptors (Lipinski definition) is 5. The number of furan rings is 1. The Morgan fingerprint density at radius 1 is 1.18 bits per heavy atom. The van der Waals surface area contributed by atoms with Gasteiger partial charge in [0.05, 0.1) is 20.5 Å². The minimum atomic E-state index is -0.173. The molecule has 1 aromatic carbocycles. The maximum absolute atomic E-state index is 12.3. The largest absolute Gasteiger partial charge is 0.497 e. The summed E-state index contributed by atoms with van der Waals surface area (Å²) in [5.41, 5.74) is 0.789. The van der Waals surface area contributed by atoms with E-state index in [1.807, 2.05) is 12.1 Å². The molecule has 0 saturated carbocycles. The van der Waals surface area contributed by atoms with Crippen LogP contribution in [0.3, 0.4) is 0 Å². The van der Waals surface area contributed by atoms with Crippen LogP contribution in [0.15, 0.2) is 47.1 Å². The molecule has 0 radical (unpaired) electrons. The van der Waals surface area contributed by atoms with Crippen molar-refractivity contribution in [3.63, 3.8) is 0 Å². The van der Waals surface area contributed by atoms with E-state index in [1.165, 1.54) is 12.3 Å². The summed E-state index contributed by atoms with van der Waals surface area (Å²) in [4.78, 5) is 26.3. The van der Waals surface area contributed by atoms with Crippen molar-refractivity contribution in [1.29, 1.82) is 0 Å². The first-order valence-electron chi connectivity index (χ1n) is 9.14. The predicted molar refractivity (Wildman–Crippen MR) is 104 cm³/mol. The first-order chi connectivity index (χ1) is 13.6. The van der Waals surface area contributed by atoms with Gasteiger partial charge in [-0.1, -0.05) is 0 Å². The van der Waals surface area contributed by atoms with Crippen LogP contribution >= 0.6 is 0 Å². The molecular weight excluding hydrogens is 360 g/mol. The molecule has 1 N–H and O–H groups in total. The SMILES string of the molecule is COc1ccc(/C=C/C(=O)NC2CCN(C(=O)c3ccco3)CC2)c(OC)c1. The van der Waals surface area contributed by atoms with Crippen LogP contribution in [-0.2, 0) is 4.79 Å². The molecule has 2 amide bonds. The van der Waals surface area contributed by atoms with E-state index in [9.17, 15) is 9.59 Å². The Hall–Kier alpha value is -3.22. The lowest BCUT2D eigenvalue weighted by Crippen LogP contribution is -2.46. The summed E-state index contributed by atoms with van der Waals surface area (Å²) in [6.07, 6.45) is 6.11. The molecule has 1 aromatic heterocycles. The van der Waals surface area contributed by atoms with E-state index in [-0.39, 0.29) is 17.9 Å². The first-order valence-corrected chi connectivity index (χ1v) is 9.14. The zero-order valence-electron chi connectivity index (χ0n) is 16.0. The number of ether oxygens (including phenoxy) is 2. The number of carbonyl (C=O) groups is 2. The van der Waals surface area contributed by atoms with Crippen LogP contribution in [0.2, 0.25) is 0 Å². The lowest BCUT2D eigenvalue weighted by atomic mass is 10.0. The predicted octanol–water partition coefficient (Wildman–Crippen LogP) is 2.73. The molecular formula is C21H24N2O5. The Labute approximate surface area is 163 Å². The van der Waals surface area contributed by atoms with Crippen LogP contribution in [-0.4, -0.2) is 50.1 Å². The standard InChI is InChI=1S/C21H24N2O5/c1-26-17-7-5-15(19(14-17)27-2)6-8-20(24)22-16-9-11-23(12-10-16)21(25)18-4-3-13-28-18/h3-8,13-14,16H,9-12H2,1-2H3,(H,22,24)/b8-6+. The molecule has 1 aliphatic heterocycles. The maximum atomic E-state index is 12.3. The Balaban J connectivity index is 1.51.